The van der Waals surface area contributed by atoms with E-state index in [4.69, 9.17) is 0 Å². The summed E-state index contributed by atoms with van der Waals surface area (Å²) in [5.41, 5.74) is 2.07. The Bertz CT molecular complexity index is 755. The maximum Gasteiger partial charge on any atom is 0.573 e. The molecule has 150 valence electrons. The number of nitrogens with zero attached hydrogens (tertiary/aromatic N) is 2. The molecular formula is C21H23F3N2O2. The molecular weight excluding hydrogens is 369 g/mol. The van der Waals surface area contributed by atoms with Crippen LogP contribution in [0.3, 0.4) is 0 Å². The van der Waals surface area contributed by atoms with Crippen LogP contribution in [0.1, 0.15) is 17.5 Å². The fourth-order valence-electron chi connectivity index (χ4n) is 3.26. The quantitative estimate of drug-likeness (QED) is 0.748. The SMILES string of the molecule is O=C(CCc1ccccc1)N1CCN(Cc2ccc(OC(F)(F)F)cc2)CC1. The van der Waals surface area contributed by atoms with E-state index in [1.807, 2.05) is 35.2 Å². The van der Waals surface area contributed by atoms with Crippen LogP contribution in [0, 0.1) is 0 Å². The minimum absolute atomic E-state index is 0.164. The van der Waals surface area contributed by atoms with Gasteiger partial charge in [0.25, 0.3) is 0 Å². The molecule has 0 saturated carbocycles. The summed E-state index contributed by atoms with van der Waals surface area (Å²) in [7, 11) is 0. The number of ether oxygens (including phenoxy) is 1. The topological polar surface area (TPSA) is 32.8 Å². The van der Waals surface area contributed by atoms with Gasteiger partial charge in [-0.05, 0) is 29.7 Å². The molecule has 2 aromatic carbocycles. The molecule has 0 aromatic heterocycles. The van der Waals surface area contributed by atoms with Gasteiger partial charge in [-0.1, -0.05) is 42.5 Å². The van der Waals surface area contributed by atoms with Crippen LogP contribution in [0.4, 0.5) is 13.2 Å². The van der Waals surface area contributed by atoms with Crippen molar-refractivity contribution in [1.29, 1.82) is 0 Å². The van der Waals surface area contributed by atoms with Crippen molar-refractivity contribution in [2.45, 2.75) is 25.7 Å². The summed E-state index contributed by atoms with van der Waals surface area (Å²) in [4.78, 5) is 16.5. The third kappa shape index (κ3) is 6.27. The van der Waals surface area contributed by atoms with Crippen molar-refractivity contribution in [3.05, 3.63) is 65.7 Å². The van der Waals surface area contributed by atoms with Gasteiger partial charge in [0.05, 0.1) is 0 Å². The number of hydrogen-bond donors (Lipinski definition) is 0. The molecule has 2 aromatic rings. The van der Waals surface area contributed by atoms with Gasteiger partial charge < -0.3 is 9.64 Å². The summed E-state index contributed by atoms with van der Waals surface area (Å²) in [5.74, 6) is -0.0535. The maximum atomic E-state index is 12.4. The Morgan fingerprint density at radius 3 is 2.14 bits per heavy atom. The molecule has 0 atom stereocenters. The normalized spacial score (nSPS) is 15.5. The van der Waals surface area contributed by atoms with Crippen molar-refractivity contribution in [3.8, 4) is 5.75 Å². The summed E-state index contributed by atoms with van der Waals surface area (Å²) in [6.07, 6.45) is -3.43. The number of hydrogen-bond acceptors (Lipinski definition) is 3. The first kappa shape index (κ1) is 20.2. The minimum atomic E-state index is -4.68. The second-order valence-corrected chi connectivity index (χ2v) is 6.83. The zero-order valence-corrected chi connectivity index (χ0v) is 15.5. The highest BCUT2D eigenvalue weighted by molar-refractivity contribution is 5.76. The molecule has 0 aliphatic carbocycles. The molecule has 0 spiro atoms. The van der Waals surface area contributed by atoms with Crippen molar-refractivity contribution in [2.24, 2.45) is 0 Å². The highest BCUT2D eigenvalue weighted by Gasteiger charge is 2.31. The molecule has 1 aliphatic heterocycles. The van der Waals surface area contributed by atoms with Crippen LogP contribution in [0.25, 0.3) is 0 Å². The Morgan fingerprint density at radius 1 is 0.893 bits per heavy atom. The fraction of sp³-hybridized carbons (Fsp3) is 0.381. The Balaban J connectivity index is 1.42. The molecule has 1 aliphatic rings. The van der Waals surface area contributed by atoms with E-state index in [0.29, 0.717) is 26.1 Å². The molecule has 28 heavy (non-hydrogen) atoms. The number of rotatable bonds is 6. The first-order chi connectivity index (χ1) is 13.4. The highest BCUT2D eigenvalue weighted by Crippen LogP contribution is 2.23. The number of aryl methyl sites for hydroxylation is 1. The van der Waals surface area contributed by atoms with Crippen LogP contribution < -0.4 is 4.74 Å². The summed E-state index contributed by atoms with van der Waals surface area (Å²) >= 11 is 0. The van der Waals surface area contributed by atoms with Gasteiger partial charge in [-0.15, -0.1) is 13.2 Å². The molecule has 7 heteroatoms. The zero-order chi connectivity index (χ0) is 20.0. The predicted octanol–water partition coefficient (Wildman–Crippen LogP) is 3.86. The van der Waals surface area contributed by atoms with Crippen LogP contribution >= 0.6 is 0 Å². The smallest absolute Gasteiger partial charge is 0.406 e. The Labute approximate surface area is 162 Å². The Morgan fingerprint density at radius 2 is 1.54 bits per heavy atom. The third-order valence-corrected chi connectivity index (χ3v) is 4.76. The second kappa shape index (κ2) is 9.10. The van der Waals surface area contributed by atoms with E-state index in [9.17, 15) is 18.0 Å². The molecule has 1 heterocycles. The van der Waals surface area contributed by atoms with Gasteiger partial charge in [0.1, 0.15) is 5.75 Å². The van der Waals surface area contributed by atoms with E-state index >= 15 is 0 Å². The van der Waals surface area contributed by atoms with Crippen LogP contribution in [-0.2, 0) is 17.8 Å². The van der Waals surface area contributed by atoms with Gasteiger partial charge in [-0.2, -0.15) is 0 Å². The second-order valence-electron chi connectivity index (χ2n) is 6.83. The van der Waals surface area contributed by atoms with E-state index < -0.39 is 6.36 Å². The van der Waals surface area contributed by atoms with Gasteiger partial charge in [-0.3, -0.25) is 9.69 Å². The van der Waals surface area contributed by atoms with Crippen molar-refractivity contribution in [2.75, 3.05) is 26.2 Å². The average molecular weight is 392 g/mol. The molecule has 4 nitrogen and oxygen atoms in total. The standard InChI is InChI=1S/C21H23F3N2O2/c22-21(23,24)28-19-9-6-18(7-10-19)16-25-12-14-26(15-13-25)20(27)11-8-17-4-2-1-3-5-17/h1-7,9-10H,8,11-16H2. The molecule has 1 amide bonds. The van der Waals surface area contributed by atoms with Gasteiger partial charge in [0, 0.05) is 39.1 Å². The summed E-state index contributed by atoms with van der Waals surface area (Å²) in [5, 5.41) is 0. The molecule has 3 rings (SSSR count). The molecule has 0 unspecified atom stereocenters. The molecule has 1 fully saturated rings. The molecule has 0 bridgehead atoms. The fourth-order valence-corrected chi connectivity index (χ4v) is 3.26. The predicted molar refractivity (Wildman–Crippen MR) is 99.7 cm³/mol. The molecule has 0 radical (unpaired) electrons. The van der Waals surface area contributed by atoms with Gasteiger partial charge in [0.15, 0.2) is 0 Å². The van der Waals surface area contributed by atoms with Crippen molar-refractivity contribution >= 4 is 5.91 Å². The third-order valence-electron chi connectivity index (χ3n) is 4.76. The minimum Gasteiger partial charge on any atom is -0.406 e. The van der Waals surface area contributed by atoms with E-state index in [-0.39, 0.29) is 11.7 Å². The van der Waals surface area contributed by atoms with E-state index in [2.05, 4.69) is 9.64 Å². The first-order valence-corrected chi connectivity index (χ1v) is 9.28. The number of benzene rings is 2. The summed E-state index contributed by atoms with van der Waals surface area (Å²) in [6.45, 7) is 3.47. The number of alkyl halides is 3. The van der Waals surface area contributed by atoms with Crippen LogP contribution in [0.2, 0.25) is 0 Å². The van der Waals surface area contributed by atoms with Crippen LogP contribution in [-0.4, -0.2) is 48.2 Å². The Kier molecular flexibility index (Phi) is 6.57. The largest absolute Gasteiger partial charge is 0.573 e. The highest BCUT2D eigenvalue weighted by atomic mass is 19.4. The van der Waals surface area contributed by atoms with E-state index in [1.54, 1.807) is 12.1 Å². The number of carbonyl (C=O) groups excluding carboxylic acids is 1. The molecule has 0 N–H and O–H groups in total. The number of amides is 1. The van der Waals surface area contributed by atoms with Gasteiger partial charge in [0.2, 0.25) is 5.91 Å². The van der Waals surface area contributed by atoms with Crippen molar-refractivity contribution < 1.29 is 22.7 Å². The average Bonchev–Trinajstić information content (AvgIpc) is 2.68. The number of carbonyl (C=O) groups is 1. The first-order valence-electron chi connectivity index (χ1n) is 9.28. The van der Waals surface area contributed by atoms with E-state index in [1.165, 1.54) is 12.1 Å². The summed E-state index contributed by atoms with van der Waals surface area (Å²) < 4.78 is 40.5. The van der Waals surface area contributed by atoms with Crippen molar-refractivity contribution in [3.63, 3.8) is 0 Å². The zero-order valence-electron chi connectivity index (χ0n) is 15.5. The lowest BCUT2D eigenvalue weighted by Crippen LogP contribution is -2.48. The lowest BCUT2D eigenvalue weighted by molar-refractivity contribution is -0.274. The van der Waals surface area contributed by atoms with Crippen molar-refractivity contribution in [1.82, 2.24) is 9.80 Å². The van der Waals surface area contributed by atoms with Gasteiger partial charge >= 0.3 is 6.36 Å². The lowest BCUT2D eigenvalue weighted by atomic mass is 10.1. The number of halogens is 3. The number of piperazine rings is 1. The van der Waals surface area contributed by atoms with Crippen LogP contribution in [0.5, 0.6) is 5.75 Å². The van der Waals surface area contributed by atoms with Crippen LogP contribution in [0.15, 0.2) is 54.6 Å². The summed E-state index contributed by atoms with van der Waals surface area (Å²) in [6, 6.07) is 15.9. The monoisotopic (exact) mass is 392 g/mol. The van der Waals surface area contributed by atoms with E-state index in [0.717, 1.165) is 30.6 Å². The Hall–Kier alpha value is -2.54. The van der Waals surface area contributed by atoms with Gasteiger partial charge in [-0.25, -0.2) is 0 Å². The lowest BCUT2D eigenvalue weighted by Gasteiger charge is -2.35. The maximum absolute atomic E-state index is 12.4. The molecule has 1 saturated heterocycles.